The number of guanidine groups is 1. The quantitative estimate of drug-likeness (QED) is 0.749. The average molecular weight is 386 g/mol. The maximum atomic E-state index is 12.1. The molecule has 2 aromatic carbocycles. The molecule has 0 radical (unpaired) electrons. The van der Waals surface area contributed by atoms with Gasteiger partial charge in [0.05, 0.1) is 19.1 Å². The first-order valence-corrected chi connectivity index (χ1v) is 9.09. The Kier molecular flexibility index (Phi) is 6.44. The zero-order valence-electron chi connectivity index (χ0n) is 14.7. The van der Waals surface area contributed by atoms with Crippen molar-refractivity contribution >= 4 is 29.4 Å². The number of para-hydroxylation sites is 1. The first-order valence-electron chi connectivity index (χ1n) is 8.71. The van der Waals surface area contributed by atoms with Crippen LogP contribution in [-0.4, -0.2) is 24.4 Å². The van der Waals surface area contributed by atoms with Gasteiger partial charge in [0.1, 0.15) is 5.75 Å². The summed E-state index contributed by atoms with van der Waals surface area (Å²) in [5, 5.41) is 5.87. The number of nitrogens with one attached hydrogen (secondary N) is 2. The van der Waals surface area contributed by atoms with Crippen LogP contribution in [0.2, 0.25) is 5.02 Å². The monoisotopic (exact) mass is 385 g/mol. The Morgan fingerprint density at radius 3 is 2.67 bits per heavy atom. The van der Waals surface area contributed by atoms with E-state index >= 15 is 0 Å². The molecule has 1 aliphatic rings. The number of carbonyl (C=O) groups is 2. The molecule has 1 atom stereocenters. The fourth-order valence-electron chi connectivity index (χ4n) is 2.67. The van der Waals surface area contributed by atoms with Crippen molar-refractivity contribution in [2.75, 3.05) is 6.61 Å². The van der Waals surface area contributed by atoms with E-state index in [1.807, 2.05) is 42.5 Å². The predicted molar refractivity (Wildman–Crippen MR) is 104 cm³/mol. The fourth-order valence-corrected chi connectivity index (χ4v) is 2.79. The fraction of sp³-hybridized carbons (Fsp3) is 0.250. The van der Waals surface area contributed by atoms with Crippen molar-refractivity contribution in [3.8, 4) is 5.75 Å². The number of hydrogen-bond donors (Lipinski definition) is 2. The Bertz CT molecular complexity index is 822. The van der Waals surface area contributed by atoms with Gasteiger partial charge < -0.3 is 4.74 Å². The zero-order valence-corrected chi connectivity index (χ0v) is 15.4. The van der Waals surface area contributed by atoms with Gasteiger partial charge in [0.15, 0.2) is 0 Å². The standard InChI is InChI=1S/C20H20ClN3O3/c21-15-10-8-14(9-11-15)17-13-19(26)24-20(22-17)23-18(25)7-4-12-27-16-5-2-1-3-6-16/h1-3,5-6,8-11,17H,4,7,12-13H2,(H2,22,23,24,25,26)/t17-/m1/s1. The van der Waals surface area contributed by atoms with E-state index in [1.54, 1.807) is 12.1 Å². The van der Waals surface area contributed by atoms with Crippen LogP contribution in [0.5, 0.6) is 5.75 Å². The number of amides is 2. The van der Waals surface area contributed by atoms with Crippen molar-refractivity contribution in [3.63, 3.8) is 0 Å². The highest BCUT2D eigenvalue weighted by atomic mass is 35.5. The number of rotatable bonds is 6. The third-order valence-corrected chi connectivity index (χ3v) is 4.25. The summed E-state index contributed by atoms with van der Waals surface area (Å²) in [6, 6.07) is 16.3. The minimum atomic E-state index is -0.340. The molecule has 0 saturated heterocycles. The van der Waals surface area contributed by atoms with Crippen molar-refractivity contribution in [2.45, 2.75) is 25.3 Å². The van der Waals surface area contributed by atoms with Gasteiger partial charge in [-0.3, -0.25) is 20.2 Å². The second kappa shape index (κ2) is 9.19. The number of aliphatic imine (C=N–C) groups is 1. The van der Waals surface area contributed by atoms with Gasteiger partial charge in [-0.05, 0) is 36.2 Å². The Morgan fingerprint density at radius 1 is 1.19 bits per heavy atom. The number of carbonyl (C=O) groups excluding carboxylic acids is 2. The molecule has 2 amide bonds. The maximum absolute atomic E-state index is 12.1. The Morgan fingerprint density at radius 2 is 1.93 bits per heavy atom. The molecule has 0 aliphatic carbocycles. The highest BCUT2D eigenvalue weighted by Crippen LogP contribution is 2.24. The molecule has 2 N–H and O–H groups in total. The Hall–Kier alpha value is -2.86. The summed E-state index contributed by atoms with van der Waals surface area (Å²) in [7, 11) is 0. The molecule has 0 saturated carbocycles. The number of hydrogen-bond acceptors (Lipinski definition) is 4. The van der Waals surface area contributed by atoms with Crippen molar-refractivity contribution < 1.29 is 14.3 Å². The third-order valence-electron chi connectivity index (χ3n) is 3.99. The van der Waals surface area contributed by atoms with E-state index in [9.17, 15) is 9.59 Å². The number of nitrogens with zero attached hydrogens (tertiary/aromatic N) is 1. The van der Waals surface area contributed by atoms with Gasteiger partial charge in [0, 0.05) is 11.4 Å². The summed E-state index contributed by atoms with van der Waals surface area (Å²) in [6.07, 6.45) is 1.06. The summed E-state index contributed by atoms with van der Waals surface area (Å²) in [6.45, 7) is 0.434. The van der Waals surface area contributed by atoms with E-state index in [4.69, 9.17) is 16.3 Å². The molecule has 1 heterocycles. The topological polar surface area (TPSA) is 79.8 Å². The van der Waals surface area contributed by atoms with Crippen LogP contribution in [0, 0.1) is 0 Å². The van der Waals surface area contributed by atoms with Gasteiger partial charge >= 0.3 is 0 Å². The van der Waals surface area contributed by atoms with Crippen LogP contribution in [0.25, 0.3) is 0 Å². The lowest BCUT2D eigenvalue weighted by Crippen LogP contribution is -2.47. The molecule has 140 valence electrons. The molecule has 1 aliphatic heterocycles. The molecule has 3 rings (SSSR count). The predicted octanol–water partition coefficient (Wildman–Crippen LogP) is 3.23. The highest BCUT2D eigenvalue weighted by molar-refractivity contribution is 6.30. The van der Waals surface area contributed by atoms with E-state index in [1.165, 1.54) is 0 Å². The van der Waals surface area contributed by atoms with Gasteiger partial charge in [-0.15, -0.1) is 0 Å². The Balaban J connectivity index is 1.50. The first kappa shape index (κ1) is 18.9. The molecule has 0 aromatic heterocycles. The molecule has 0 fully saturated rings. The molecule has 0 bridgehead atoms. The van der Waals surface area contributed by atoms with Crippen LogP contribution in [0.15, 0.2) is 59.6 Å². The molecule has 2 aromatic rings. The van der Waals surface area contributed by atoms with Crippen molar-refractivity contribution in [1.29, 1.82) is 0 Å². The molecule has 0 unspecified atom stereocenters. The lowest BCUT2D eigenvalue weighted by atomic mass is 10.0. The van der Waals surface area contributed by atoms with Crippen LogP contribution >= 0.6 is 11.6 Å². The second-order valence-electron chi connectivity index (χ2n) is 6.11. The van der Waals surface area contributed by atoms with Crippen molar-refractivity contribution in [3.05, 3.63) is 65.2 Å². The lowest BCUT2D eigenvalue weighted by molar-refractivity contribution is -0.120. The summed E-state index contributed by atoms with van der Waals surface area (Å²) >= 11 is 5.89. The highest BCUT2D eigenvalue weighted by Gasteiger charge is 2.23. The van der Waals surface area contributed by atoms with Crippen LogP contribution in [0.1, 0.15) is 30.9 Å². The first-order chi connectivity index (χ1) is 13.1. The molecule has 0 spiro atoms. The number of ether oxygens (including phenoxy) is 1. The molecule has 6 nitrogen and oxygen atoms in total. The summed E-state index contributed by atoms with van der Waals surface area (Å²) < 4.78 is 5.56. The van der Waals surface area contributed by atoms with Crippen LogP contribution in [-0.2, 0) is 9.59 Å². The van der Waals surface area contributed by atoms with E-state index in [2.05, 4.69) is 15.6 Å². The zero-order chi connectivity index (χ0) is 19.1. The van der Waals surface area contributed by atoms with E-state index in [0.29, 0.717) is 18.1 Å². The van der Waals surface area contributed by atoms with E-state index in [-0.39, 0.29) is 36.7 Å². The van der Waals surface area contributed by atoms with Crippen molar-refractivity contribution in [2.24, 2.45) is 4.99 Å². The number of benzene rings is 2. The minimum Gasteiger partial charge on any atom is -0.494 e. The molecule has 7 heteroatoms. The largest absolute Gasteiger partial charge is 0.494 e. The van der Waals surface area contributed by atoms with Gasteiger partial charge in [0.2, 0.25) is 17.8 Å². The van der Waals surface area contributed by atoms with Gasteiger partial charge in [-0.2, -0.15) is 0 Å². The average Bonchev–Trinajstić information content (AvgIpc) is 2.66. The Labute approximate surface area is 162 Å². The number of halogens is 1. The summed E-state index contributed by atoms with van der Waals surface area (Å²) in [5.41, 5.74) is 0.872. The van der Waals surface area contributed by atoms with Crippen molar-refractivity contribution in [1.82, 2.24) is 10.6 Å². The van der Waals surface area contributed by atoms with Gasteiger partial charge in [-0.1, -0.05) is 41.9 Å². The van der Waals surface area contributed by atoms with E-state index < -0.39 is 0 Å². The van der Waals surface area contributed by atoms with Gasteiger partial charge in [-0.25, -0.2) is 4.99 Å². The van der Waals surface area contributed by atoms with Crippen LogP contribution < -0.4 is 15.4 Å². The summed E-state index contributed by atoms with van der Waals surface area (Å²) in [5.74, 6) is 0.544. The van der Waals surface area contributed by atoms with E-state index in [0.717, 1.165) is 11.3 Å². The van der Waals surface area contributed by atoms with Crippen LogP contribution in [0.3, 0.4) is 0 Å². The normalized spacial score (nSPS) is 16.3. The van der Waals surface area contributed by atoms with Crippen LogP contribution in [0.4, 0.5) is 0 Å². The SMILES string of the molecule is O=C(CCCOc1ccccc1)NC1=N[C@@H](c2ccc(Cl)cc2)CC(=O)N1. The molecular weight excluding hydrogens is 366 g/mol. The second-order valence-corrected chi connectivity index (χ2v) is 6.55. The smallest absolute Gasteiger partial charge is 0.229 e. The molecule has 27 heavy (non-hydrogen) atoms. The maximum Gasteiger partial charge on any atom is 0.229 e. The minimum absolute atomic E-state index is 0.181. The van der Waals surface area contributed by atoms with Gasteiger partial charge in [0.25, 0.3) is 0 Å². The lowest BCUT2D eigenvalue weighted by Gasteiger charge is -2.21. The molecular formula is C20H20ClN3O3. The summed E-state index contributed by atoms with van der Waals surface area (Å²) in [4.78, 5) is 28.5. The third kappa shape index (κ3) is 5.82.